The standard InChI is InChI=1S/C18H28ClN3O2/c1-14(2)12-24-13-17(22-8-3-4-9-22)11-20-18(23)21-16-7-5-6-15(19)10-16/h5-7,10,14,17H,3-4,8-9,11-13H2,1-2H3,(H2,20,21,23). The van der Waals surface area contributed by atoms with Gasteiger partial charge in [0.2, 0.25) is 0 Å². The van der Waals surface area contributed by atoms with Crippen molar-refractivity contribution in [3.8, 4) is 0 Å². The molecule has 2 amide bonds. The highest BCUT2D eigenvalue weighted by atomic mass is 35.5. The van der Waals surface area contributed by atoms with Gasteiger partial charge in [-0.15, -0.1) is 0 Å². The third-order valence-corrected chi connectivity index (χ3v) is 4.23. The maximum atomic E-state index is 12.1. The van der Waals surface area contributed by atoms with E-state index in [1.807, 2.05) is 12.1 Å². The molecule has 1 aliphatic heterocycles. The Morgan fingerprint density at radius 2 is 2.04 bits per heavy atom. The van der Waals surface area contributed by atoms with Crippen LogP contribution in [0, 0.1) is 5.92 Å². The van der Waals surface area contributed by atoms with E-state index in [4.69, 9.17) is 16.3 Å². The molecular formula is C18H28ClN3O2. The number of hydrogen-bond donors (Lipinski definition) is 2. The molecule has 2 rings (SSSR count). The lowest BCUT2D eigenvalue weighted by atomic mass is 10.2. The van der Waals surface area contributed by atoms with E-state index in [0.29, 0.717) is 29.8 Å². The Bertz CT molecular complexity index is 519. The lowest BCUT2D eigenvalue weighted by Gasteiger charge is -2.28. The minimum atomic E-state index is -0.217. The van der Waals surface area contributed by atoms with Crippen LogP contribution in [-0.4, -0.2) is 49.8 Å². The van der Waals surface area contributed by atoms with Crippen LogP contribution in [0.5, 0.6) is 0 Å². The molecule has 6 heteroatoms. The zero-order valence-electron chi connectivity index (χ0n) is 14.6. The lowest BCUT2D eigenvalue weighted by Crippen LogP contribution is -2.46. The smallest absolute Gasteiger partial charge is 0.319 e. The van der Waals surface area contributed by atoms with Gasteiger partial charge in [-0.1, -0.05) is 31.5 Å². The summed E-state index contributed by atoms with van der Waals surface area (Å²) in [6, 6.07) is 7.13. The van der Waals surface area contributed by atoms with Gasteiger partial charge in [-0.3, -0.25) is 4.90 Å². The van der Waals surface area contributed by atoms with Crippen molar-refractivity contribution < 1.29 is 9.53 Å². The van der Waals surface area contributed by atoms with Crippen LogP contribution in [0.15, 0.2) is 24.3 Å². The average molecular weight is 354 g/mol. The Hall–Kier alpha value is -1.30. The van der Waals surface area contributed by atoms with Gasteiger partial charge in [0.15, 0.2) is 0 Å². The predicted octanol–water partition coefficient (Wildman–Crippen LogP) is 3.60. The second-order valence-corrected chi connectivity index (χ2v) is 7.11. The largest absolute Gasteiger partial charge is 0.379 e. The maximum Gasteiger partial charge on any atom is 0.319 e. The summed E-state index contributed by atoms with van der Waals surface area (Å²) in [4.78, 5) is 14.5. The highest BCUT2D eigenvalue weighted by Gasteiger charge is 2.22. The summed E-state index contributed by atoms with van der Waals surface area (Å²) in [5.74, 6) is 0.517. The van der Waals surface area contributed by atoms with Crippen LogP contribution in [0.2, 0.25) is 5.02 Å². The molecule has 1 saturated heterocycles. The Kier molecular flexibility index (Phi) is 7.82. The van der Waals surface area contributed by atoms with Gasteiger partial charge in [0.1, 0.15) is 0 Å². The molecule has 0 radical (unpaired) electrons. The number of halogens is 1. The van der Waals surface area contributed by atoms with Gasteiger partial charge in [0.25, 0.3) is 0 Å². The second kappa shape index (κ2) is 9.87. The molecule has 2 N–H and O–H groups in total. The highest BCUT2D eigenvalue weighted by molar-refractivity contribution is 6.30. The van der Waals surface area contributed by atoms with E-state index in [1.54, 1.807) is 12.1 Å². The number of likely N-dealkylation sites (tertiary alicyclic amines) is 1. The third kappa shape index (κ3) is 6.67. The van der Waals surface area contributed by atoms with Gasteiger partial charge < -0.3 is 15.4 Å². The first kappa shape index (κ1) is 19.0. The van der Waals surface area contributed by atoms with Crippen molar-refractivity contribution in [3.63, 3.8) is 0 Å². The van der Waals surface area contributed by atoms with Crippen LogP contribution in [0.3, 0.4) is 0 Å². The number of carbonyl (C=O) groups is 1. The van der Waals surface area contributed by atoms with Crippen LogP contribution in [0.4, 0.5) is 10.5 Å². The fraction of sp³-hybridized carbons (Fsp3) is 0.611. The topological polar surface area (TPSA) is 53.6 Å². The number of ether oxygens (including phenoxy) is 1. The van der Waals surface area contributed by atoms with Crippen molar-refractivity contribution in [2.45, 2.75) is 32.7 Å². The number of anilines is 1. The van der Waals surface area contributed by atoms with Gasteiger partial charge in [-0.25, -0.2) is 4.79 Å². The molecule has 1 unspecified atom stereocenters. The average Bonchev–Trinajstić information content (AvgIpc) is 3.04. The van der Waals surface area contributed by atoms with Gasteiger partial charge >= 0.3 is 6.03 Å². The molecule has 5 nitrogen and oxygen atoms in total. The molecule has 134 valence electrons. The number of hydrogen-bond acceptors (Lipinski definition) is 3. The summed E-state index contributed by atoms with van der Waals surface area (Å²) < 4.78 is 5.81. The fourth-order valence-corrected chi connectivity index (χ4v) is 2.98. The van der Waals surface area contributed by atoms with Gasteiger partial charge in [-0.2, -0.15) is 0 Å². The first-order valence-corrected chi connectivity index (χ1v) is 9.04. The number of benzene rings is 1. The number of carbonyl (C=O) groups excluding carboxylic acids is 1. The number of nitrogens with one attached hydrogen (secondary N) is 2. The Labute approximate surface area is 149 Å². The number of amides is 2. The quantitative estimate of drug-likeness (QED) is 0.750. The molecule has 0 bridgehead atoms. The molecule has 1 atom stereocenters. The molecule has 1 aliphatic rings. The summed E-state index contributed by atoms with van der Waals surface area (Å²) >= 11 is 5.93. The molecule has 24 heavy (non-hydrogen) atoms. The maximum absolute atomic E-state index is 12.1. The first-order valence-electron chi connectivity index (χ1n) is 8.67. The minimum Gasteiger partial charge on any atom is -0.379 e. The lowest BCUT2D eigenvalue weighted by molar-refractivity contribution is 0.0555. The Morgan fingerprint density at radius 1 is 1.29 bits per heavy atom. The second-order valence-electron chi connectivity index (χ2n) is 6.67. The van der Waals surface area contributed by atoms with E-state index in [2.05, 4.69) is 29.4 Å². The summed E-state index contributed by atoms with van der Waals surface area (Å²) in [7, 11) is 0. The van der Waals surface area contributed by atoms with E-state index >= 15 is 0 Å². The molecule has 1 heterocycles. The zero-order chi connectivity index (χ0) is 17.4. The van der Waals surface area contributed by atoms with Crippen LogP contribution < -0.4 is 10.6 Å². The molecule has 1 aromatic rings. The molecule has 0 saturated carbocycles. The molecular weight excluding hydrogens is 326 g/mol. The molecule has 1 fully saturated rings. The van der Waals surface area contributed by atoms with Crippen molar-refractivity contribution >= 4 is 23.3 Å². The number of nitrogens with zero attached hydrogens (tertiary/aromatic N) is 1. The summed E-state index contributed by atoms with van der Waals surface area (Å²) in [6.07, 6.45) is 2.44. The van der Waals surface area contributed by atoms with Crippen molar-refractivity contribution in [1.82, 2.24) is 10.2 Å². The van der Waals surface area contributed by atoms with Gasteiger partial charge in [-0.05, 0) is 50.0 Å². The molecule has 1 aromatic carbocycles. The predicted molar refractivity (Wildman–Crippen MR) is 98.7 cm³/mol. The number of urea groups is 1. The van der Waals surface area contributed by atoms with E-state index in [0.717, 1.165) is 19.7 Å². The summed E-state index contributed by atoms with van der Waals surface area (Å²) in [5, 5.41) is 6.36. The van der Waals surface area contributed by atoms with Gasteiger partial charge in [0, 0.05) is 23.9 Å². The highest BCUT2D eigenvalue weighted by Crippen LogP contribution is 2.15. The first-order chi connectivity index (χ1) is 11.5. The minimum absolute atomic E-state index is 0.217. The molecule has 0 aliphatic carbocycles. The van der Waals surface area contributed by atoms with E-state index in [1.165, 1.54) is 12.8 Å². The number of rotatable bonds is 8. The molecule has 0 spiro atoms. The Balaban J connectivity index is 1.80. The van der Waals surface area contributed by atoms with E-state index in [9.17, 15) is 4.79 Å². The fourth-order valence-electron chi connectivity index (χ4n) is 2.79. The van der Waals surface area contributed by atoms with Crippen LogP contribution >= 0.6 is 11.6 Å². The van der Waals surface area contributed by atoms with E-state index < -0.39 is 0 Å². The summed E-state index contributed by atoms with van der Waals surface area (Å²) in [5.41, 5.74) is 0.689. The zero-order valence-corrected chi connectivity index (χ0v) is 15.3. The van der Waals surface area contributed by atoms with E-state index in [-0.39, 0.29) is 12.1 Å². The summed E-state index contributed by atoms with van der Waals surface area (Å²) in [6.45, 7) is 8.41. The van der Waals surface area contributed by atoms with Crippen molar-refractivity contribution in [2.24, 2.45) is 5.92 Å². The van der Waals surface area contributed by atoms with Crippen LogP contribution in [0.1, 0.15) is 26.7 Å². The van der Waals surface area contributed by atoms with Crippen LogP contribution in [-0.2, 0) is 4.74 Å². The SMILES string of the molecule is CC(C)COCC(CNC(=O)Nc1cccc(Cl)c1)N1CCCC1. The van der Waals surface area contributed by atoms with Crippen molar-refractivity contribution in [2.75, 3.05) is 38.2 Å². The Morgan fingerprint density at radius 3 is 2.71 bits per heavy atom. The van der Waals surface area contributed by atoms with Crippen molar-refractivity contribution in [1.29, 1.82) is 0 Å². The van der Waals surface area contributed by atoms with Crippen LogP contribution in [0.25, 0.3) is 0 Å². The third-order valence-electron chi connectivity index (χ3n) is 4.00. The normalized spacial score (nSPS) is 16.3. The molecule has 0 aromatic heterocycles. The van der Waals surface area contributed by atoms with Crippen molar-refractivity contribution in [3.05, 3.63) is 29.3 Å². The van der Waals surface area contributed by atoms with Gasteiger partial charge in [0.05, 0.1) is 12.6 Å². The monoisotopic (exact) mass is 353 g/mol.